The second-order valence-corrected chi connectivity index (χ2v) is 6.33. The predicted molar refractivity (Wildman–Crippen MR) is 74.2 cm³/mol. The number of aromatic hydroxyl groups is 1. The fraction of sp³-hybridized carbons (Fsp3) is 0.600. The Morgan fingerprint density at radius 1 is 1.22 bits per heavy atom. The number of nitrogens with two attached hydrogens (primary N) is 1. The Bertz CT molecular complexity index is 480. The number of hydrogen-bond acceptors (Lipinski definition) is 2. The van der Waals surface area contributed by atoms with E-state index in [1.54, 1.807) is 0 Å². The highest BCUT2D eigenvalue weighted by Crippen LogP contribution is 2.42. The standard InChI is InChI=1S/C15H20ClNO/c16-13-8-10-4-2-1-3-5-11(10)12(14(13)18)9-15(17)6-7-15/h8,18H,1-7,9,17H2. The third kappa shape index (κ3) is 2.24. The largest absolute Gasteiger partial charge is 0.506 e. The van der Waals surface area contributed by atoms with Crippen LogP contribution in [0.25, 0.3) is 0 Å². The van der Waals surface area contributed by atoms with Crippen LogP contribution in [0, 0.1) is 0 Å². The summed E-state index contributed by atoms with van der Waals surface area (Å²) < 4.78 is 0. The van der Waals surface area contributed by atoms with Gasteiger partial charge in [0.05, 0.1) is 5.02 Å². The zero-order valence-corrected chi connectivity index (χ0v) is 11.4. The number of aryl methyl sites for hydroxylation is 1. The first-order chi connectivity index (χ1) is 8.59. The molecule has 0 heterocycles. The molecule has 0 radical (unpaired) electrons. The molecule has 98 valence electrons. The lowest BCUT2D eigenvalue weighted by atomic mass is 9.91. The molecule has 3 rings (SSSR count). The van der Waals surface area contributed by atoms with Gasteiger partial charge in [-0.05, 0) is 62.1 Å². The minimum absolute atomic E-state index is 0.0811. The van der Waals surface area contributed by atoms with Crippen molar-refractivity contribution in [2.24, 2.45) is 5.73 Å². The van der Waals surface area contributed by atoms with Crippen molar-refractivity contribution in [3.8, 4) is 5.75 Å². The lowest BCUT2D eigenvalue weighted by molar-refractivity contribution is 0.462. The molecular formula is C15H20ClNO. The number of phenols is 1. The van der Waals surface area contributed by atoms with Gasteiger partial charge in [-0.1, -0.05) is 18.0 Å². The number of hydrogen-bond donors (Lipinski definition) is 2. The molecule has 0 saturated heterocycles. The highest BCUT2D eigenvalue weighted by atomic mass is 35.5. The molecule has 18 heavy (non-hydrogen) atoms. The van der Waals surface area contributed by atoms with Gasteiger partial charge in [0.2, 0.25) is 0 Å². The van der Waals surface area contributed by atoms with Gasteiger partial charge in [-0.25, -0.2) is 0 Å². The topological polar surface area (TPSA) is 46.2 Å². The Labute approximate surface area is 113 Å². The molecule has 0 unspecified atom stereocenters. The maximum atomic E-state index is 10.2. The van der Waals surface area contributed by atoms with Crippen LogP contribution < -0.4 is 5.73 Å². The van der Waals surface area contributed by atoms with Gasteiger partial charge in [-0.3, -0.25) is 0 Å². The molecule has 2 aliphatic rings. The number of rotatable bonds is 2. The highest BCUT2D eigenvalue weighted by Gasteiger charge is 2.39. The molecule has 1 fully saturated rings. The molecule has 2 aliphatic carbocycles. The summed E-state index contributed by atoms with van der Waals surface area (Å²) in [7, 11) is 0. The Morgan fingerprint density at radius 3 is 2.67 bits per heavy atom. The van der Waals surface area contributed by atoms with Crippen LogP contribution in [0.1, 0.15) is 48.8 Å². The smallest absolute Gasteiger partial charge is 0.137 e. The first kappa shape index (κ1) is 12.3. The molecule has 1 aromatic carbocycles. The van der Waals surface area contributed by atoms with E-state index < -0.39 is 0 Å². The van der Waals surface area contributed by atoms with E-state index in [9.17, 15) is 5.11 Å². The van der Waals surface area contributed by atoms with Crippen molar-refractivity contribution >= 4 is 11.6 Å². The maximum absolute atomic E-state index is 10.2. The van der Waals surface area contributed by atoms with Crippen LogP contribution in [0.4, 0.5) is 0 Å². The van der Waals surface area contributed by atoms with Crippen molar-refractivity contribution in [3.05, 3.63) is 27.8 Å². The summed E-state index contributed by atoms with van der Waals surface area (Å²) in [5, 5.41) is 10.7. The first-order valence-electron chi connectivity index (χ1n) is 6.90. The summed E-state index contributed by atoms with van der Waals surface area (Å²) in [6, 6.07) is 1.96. The number of phenolic OH excluding ortho intramolecular Hbond substituents is 1. The van der Waals surface area contributed by atoms with Crippen molar-refractivity contribution in [1.82, 2.24) is 0 Å². The molecule has 0 aliphatic heterocycles. The molecule has 1 aromatic rings. The molecule has 0 amide bonds. The normalized spacial score (nSPS) is 21.2. The minimum Gasteiger partial charge on any atom is -0.506 e. The van der Waals surface area contributed by atoms with Gasteiger partial charge in [-0.2, -0.15) is 0 Å². The van der Waals surface area contributed by atoms with E-state index >= 15 is 0 Å². The van der Waals surface area contributed by atoms with Gasteiger partial charge >= 0.3 is 0 Å². The predicted octanol–water partition coefficient (Wildman–Crippen LogP) is 3.35. The number of benzene rings is 1. The monoisotopic (exact) mass is 265 g/mol. The van der Waals surface area contributed by atoms with Crippen LogP contribution in [-0.2, 0) is 19.3 Å². The van der Waals surface area contributed by atoms with Crippen molar-refractivity contribution in [1.29, 1.82) is 0 Å². The first-order valence-corrected chi connectivity index (χ1v) is 7.28. The molecule has 2 nitrogen and oxygen atoms in total. The molecular weight excluding hydrogens is 246 g/mol. The molecule has 3 heteroatoms. The summed E-state index contributed by atoms with van der Waals surface area (Å²) >= 11 is 6.16. The summed E-state index contributed by atoms with van der Waals surface area (Å²) in [6.07, 6.45) is 8.74. The van der Waals surface area contributed by atoms with E-state index in [0.29, 0.717) is 5.02 Å². The van der Waals surface area contributed by atoms with Gasteiger partial charge in [0.15, 0.2) is 0 Å². The summed E-state index contributed by atoms with van der Waals surface area (Å²) in [4.78, 5) is 0. The van der Waals surface area contributed by atoms with Crippen molar-refractivity contribution in [2.75, 3.05) is 0 Å². The SMILES string of the molecule is NC1(Cc2c(O)c(Cl)cc3c2CCCCC3)CC1. The van der Waals surface area contributed by atoms with Crippen LogP contribution in [0.2, 0.25) is 5.02 Å². The van der Waals surface area contributed by atoms with Crippen molar-refractivity contribution in [3.63, 3.8) is 0 Å². The van der Waals surface area contributed by atoms with Crippen molar-refractivity contribution in [2.45, 2.75) is 56.9 Å². The second-order valence-electron chi connectivity index (χ2n) is 5.92. The van der Waals surface area contributed by atoms with Crippen LogP contribution in [-0.4, -0.2) is 10.6 Å². The average molecular weight is 266 g/mol. The highest BCUT2D eigenvalue weighted by molar-refractivity contribution is 6.32. The minimum atomic E-state index is -0.0811. The number of halogens is 1. The van der Waals surface area contributed by atoms with Gasteiger partial charge in [-0.15, -0.1) is 0 Å². The second kappa shape index (κ2) is 4.43. The van der Waals surface area contributed by atoms with Crippen molar-refractivity contribution < 1.29 is 5.11 Å². The van der Waals surface area contributed by atoms with E-state index in [0.717, 1.165) is 37.7 Å². The summed E-state index contributed by atoms with van der Waals surface area (Å²) in [5.41, 5.74) is 9.82. The Hall–Kier alpha value is -0.730. The van der Waals surface area contributed by atoms with Crippen LogP contribution in [0.3, 0.4) is 0 Å². The zero-order chi connectivity index (χ0) is 12.8. The maximum Gasteiger partial charge on any atom is 0.137 e. The third-order valence-electron chi connectivity index (χ3n) is 4.36. The molecule has 0 spiro atoms. The van der Waals surface area contributed by atoms with Crippen LogP contribution >= 0.6 is 11.6 Å². The molecule has 0 atom stereocenters. The summed E-state index contributed by atoms with van der Waals surface area (Å²) in [6.45, 7) is 0. The fourth-order valence-electron chi connectivity index (χ4n) is 3.00. The van der Waals surface area contributed by atoms with E-state index in [1.807, 2.05) is 6.07 Å². The quantitative estimate of drug-likeness (QED) is 0.806. The third-order valence-corrected chi connectivity index (χ3v) is 4.65. The zero-order valence-electron chi connectivity index (χ0n) is 10.6. The van der Waals surface area contributed by atoms with E-state index in [2.05, 4.69) is 0 Å². The molecule has 0 aromatic heterocycles. The van der Waals surface area contributed by atoms with E-state index in [4.69, 9.17) is 17.3 Å². The number of fused-ring (bicyclic) bond motifs is 1. The summed E-state index contributed by atoms with van der Waals surface area (Å²) in [5.74, 6) is 0.272. The van der Waals surface area contributed by atoms with Crippen LogP contribution in [0.5, 0.6) is 5.75 Å². The lowest BCUT2D eigenvalue weighted by Gasteiger charge is -2.18. The van der Waals surface area contributed by atoms with E-state index in [1.165, 1.54) is 30.4 Å². The Balaban J connectivity index is 2.05. The van der Waals surface area contributed by atoms with Gasteiger partial charge in [0, 0.05) is 11.1 Å². The van der Waals surface area contributed by atoms with Gasteiger partial charge in [0.1, 0.15) is 5.75 Å². The average Bonchev–Trinajstić information content (AvgIpc) is 3.09. The molecule has 0 bridgehead atoms. The lowest BCUT2D eigenvalue weighted by Crippen LogP contribution is -2.25. The van der Waals surface area contributed by atoms with E-state index in [-0.39, 0.29) is 11.3 Å². The van der Waals surface area contributed by atoms with Gasteiger partial charge < -0.3 is 10.8 Å². The Morgan fingerprint density at radius 2 is 1.94 bits per heavy atom. The molecule has 3 N–H and O–H groups in total. The van der Waals surface area contributed by atoms with Crippen LogP contribution in [0.15, 0.2) is 6.07 Å². The molecule has 1 saturated carbocycles. The van der Waals surface area contributed by atoms with Gasteiger partial charge in [0.25, 0.3) is 0 Å². The fourth-order valence-corrected chi connectivity index (χ4v) is 3.24. The Kier molecular flexibility index (Phi) is 3.03.